The molecule has 7 heteroatoms. The first kappa shape index (κ1) is 14.1. The van der Waals surface area contributed by atoms with Crippen molar-refractivity contribution in [3.05, 3.63) is 11.8 Å². The van der Waals surface area contributed by atoms with Crippen LogP contribution in [0.2, 0.25) is 0 Å². The van der Waals surface area contributed by atoms with E-state index in [9.17, 15) is 8.42 Å². The molecule has 3 N–H and O–H groups in total. The summed E-state index contributed by atoms with van der Waals surface area (Å²) in [6.45, 7) is 6.12. The Morgan fingerprint density at radius 2 is 2.12 bits per heavy atom. The fraction of sp³-hybridized carbons (Fsp3) is 0.700. The molecule has 17 heavy (non-hydrogen) atoms. The molecule has 0 spiro atoms. The van der Waals surface area contributed by atoms with Crippen molar-refractivity contribution in [1.82, 2.24) is 14.9 Å². The van der Waals surface area contributed by atoms with Crippen LogP contribution in [0.1, 0.15) is 32.8 Å². The summed E-state index contributed by atoms with van der Waals surface area (Å²) in [6.07, 6.45) is 2.03. The minimum absolute atomic E-state index is 0.0612. The zero-order valence-electron chi connectivity index (χ0n) is 10.3. The van der Waals surface area contributed by atoms with Gasteiger partial charge in [-0.2, -0.15) is 5.10 Å². The average Bonchev–Trinajstić information content (AvgIpc) is 2.63. The second-order valence-electron chi connectivity index (χ2n) is 5.09. The van der Waals surface area contributed by atoms with E-state index >= 15 is 0 Å². The third kappa shape index (κ3) is 4.10. The minimum atomic E-state index is -3.61. The van der Waals surface area contributed by atoms with E-state index in [4.69, 9.17) is 5.11 Å². The largest absolute Gasteiger partial charge is 0.392 e. The summed E-state index contributed by atoms with van der Waals surface area (Å²) in [7, 11) is -3.61. The molecule has 0 aliphatic heterocycles. The monoisotopic (exact) mass is 261 g/mol. The normalized spacial score (nSPS) is 12.9. The lowest BCUT2D eigenvalue weighted by Crippen LogP contribution is -2.28. The zero-order valence-corrected chi connectivity index (χ0v) is 11.1. The number of hydrogen-bond donors (Lipinski definition) is 3. The molecule has 0 bridgehead atoms. The summed E-state index contributed by atoms with van der Waals surface area (Å²) >= 11 is 0. The molecular weight excluding hydrogens is 242 g/mol. The first-order chi connectivity index (χ1) is 7.76. The maximum Gasteiger partial charge on any atom is 0.257 e. The second-order valence-corrected chi connectivity index (χ2v) is 6.79. The van der Waals surface area contributed by atoms with Crippen LogP contribution in [0, 0.1) is 5.41 Å². The Labute approximate surface area is 101 Å². The third-order valence-corrected chi connectivity index (χ3v) is 3.76. The van der Waals surface area contributed by atoms with Gasteiger partial charge in [-0.1, -0.05) is 20.8 Å². The molecule has 0 atom stereocenters. The number of aliphatic hydroxyl groups excluding tert-OH is 1. The first-order valence-corrected chi connectivity index (χ1v) is 6.87. The smallest absolute Gasteiger partial charge is 0.257 e. The maximum atomic E-state index is 11.9. The lowest BCUT2D eigenvalue weighted by Gasteiger charge is -2.17. The Morgan fingerprint density at radius 3 is 2.65 bits per heavy atom. The van der Waals surface area contributed by atoms with Gasteiger partial charge in [0.15, 0.2) is 5.03 Å². The van der Waals surface area contributed by atoms with Gasteiger partial charge in [-0.25, -0.2) is 13.1 Å². The topological polar surface area (TPSA) is 95.1 Å². The van der Waals surface area contributed by atoms with Crippen LogP contribution in [0.15, 0.2) is 11.2 Å². The number of nitrogens with zero attached hydrogens (tertiary/aromatic N) is 1. The molecule has 1 aromatic rings. The van der Waals surface area contributed by atoms with Crippen molar-refractivity contribution in [3.63, 3.8) is 0 Å². The summed E-state index contributed by atoms with van der Waals surface area (Å²) in [5.74, 6) is 0. The highest BCUT2D eigenvalue weighted by atomic mass is 32.2. The summed E-state index contributed by atoms with van der Waals surface area (Å²) in [5.41, 5.74) is 0.337. The van der Waals surface area contributed by atoms with E-state index in [1.165, 1.54) is 6.20 Å². The summed E-state index contributed by atoms with van der Waals surface area (Å²) < 4.78 is 26.2. The van der Waals surface area contributed by atoms with Gasteiger partial charge in [-0.3, -0.25) is 5.10 Å². The number of aromatic amines is 1. The summed E-state index contributed by atoms with van der Waals surface area (Å²) in [6, 6.07) is 0. The van der Waals surface area contributed by atoms with Crippen molar-refractivity contribution in [1.29, 1.82) is 0 Å². The Morgan fingerprint density at radius 1 is 1.47 bits per heavy atom. The van der Waals surface area contributed by atoms with E-state index in [-0.39, 0.29) is 22.6 Å². The Hall–Kier alpha value is -0.920. The lowest BCUT2D eigenvalue weighted by atomic mass is 9.93. The Balaban J connectivity index is 2.70. The molecule has 0 radical (unpaired) electrons. The lowest BCUT2D eigenvalue weighted by molar-refractivity contribution is 0.278. The molecule has 1 rings (SSSR count). The molecule has 0 aliphatic carbocycles. The van der Waals surface area contributed by atoms with Crippen molar-refractivity contribution in [3.8, 4) is 0 Å². The van der Waals surface area contributed by atoms with Crippen LogP contribution in [0.5, 0.6) is 0 Å². The fourth-order valence-electron chi connectivity index (χ4n) is 1.28. The molecule has 0 unspecified atom stereocenters. The number of aliphatic hydroxyl groups is 1. The number of H-pyrrole nitrogens is 1. The van der Waals surface area contributed by atoms with Gasteiger partial charge in [-0.05, 0) is 11.8 Å². The molecule has 0 fully saturated rings. The molecule has 1 heterocycles. The molecule has 0 aromatic carbocycles. The van der Waals surface area contributed by atoms with Gasteiger partial charge in [0.25, 0.3) is 10.0 Å². The number of sulfonamides is 1. The van der Waals surface area contributed by atoms with Crippen molar-refractivity contribution in [2.75, 3.05) is 6.54 Å². The van der Waals surface area contributed by atoms with Crippen LogP contribution in [-0.2, 0) is 16.6 Å². The van der Waals surface area contributed by atoms with Gasteiger partial charge >= 0.3 is 0 Å². The van der Waals surface area contributed by atoms with Crippen molar-refractivity contribution in [2.45, 2.75) is 38.8 Å². The van der Waals surface area contributed by atoms with Gasteiger partial charge in [0, 0.05) is 12.1 Å². The molecule has 1 aromatic heterocycles. The molecule has 0 saturated carbocycles. The maximum absolute atomic E-state index is 11.9. The van der Waals surface area contributed by atoms with E-state index in [1.807, 2.05) is 20.8 Å². The SMILES string of the molecule is CC(C)(C)CCNS(=O)(=O)c1[nH]ncc1CO. The predicted octanol–water partition coefficient (Wildman–Crippen LogP) is 0.617. The van der Waals surface area contributed by atoms with E-state index in [0.717, 1.165) is 6.42 Å². The molecule has 0 aliphatic rings. The average molecular weight is 261 g/mol. The number of nitrogens with one attached hydrogen (secondary N) is 2. The number of rotatable bonds is 5. The van der Waals surface area contributed by atoms with Gasteiger partial charge in [0.1, 0.15) is 0 Å². The third-order valence-electron chi connectivity index (χ3n) is 2.28. The van der Waals surface area contributed by atoms with Crippen LogP contribution in [0.3, 0.4) is 0 Å². The summed E-state index contributed by atoms with van der Waals surface area (Å²) in [4.78, 5) is 0. The van der Waals surface area contributed by atoms with E-state index < -0.39 is 10.0 Å². The highest BCUT2D eigenvalue weighted by Gasteiger charge is 2.21. The molecule has 0 amide bonds. The standard InChI is InChI=1S/C10H19N3O3S/c1-10(2,3)4-5-12-17(15,16)9-8(7-14)6-11-13-9/h6,12,14H,4-5,7H2,1-3H3,(H,11,13). The van der Waals surface area contributed by atoms with Crippen molar-refractivity contribution in [2.24, 2.45) is 5.41 Å². The zero-order chi connectivity index (χ0) is 13.1. The van der Waals surface area contributed by atoms with Crippen molar-refractivity contribution >= 4 is 10.0 Å². The highest BCUT2D eigenvalue weighted by Crippen LogP contribution is 2.18. The molecule has 0 saturated heterocycles. The second kappa shape index (κ2) is 5.16. The number of aromatic nitrogens is 2. The van der Waals surface area contributed by atoms with Crippen LogP contribution in [-0.4, -0.2) is 30.3 Å². The molecule has 6 nitrogen and oxygen atoms in total. The van der Waals surface area contributed by atoms with Crippen molar-refractivity contribution < 1.29 is 13.5 Å². The predicted molar refractivity (Wildman–Crippen MR) is 63.8 cm³/mol. The Bertz CT molecular complexity index is 459. The van der Waals surface area contributed by atoms with E-state index in [1.54, 1.807) is 0 Å². The van der Waals surface area contributed by atoms with Gasteiger partial charge < -0.3 is 5.11 Å². The molecule has 98 valence electrons. The minimum Gasteiger partial charge on any atom is -0.392 e. The van der Waals surface area contributed by atoms with E-state index in [0.29, 0.717) is 6.54 Å². The van der Waals surface area contributed by atoms with Crippen LogP contribution >= 0.6 is 0 Å². The number of hydrogen-bond acceptors (Lipinski definition) is 4. The van der Waals surface area contributed by atoms with Gasteiger partial charge in [-0.15, -0.1) is 0 Å². The van der Waals surface area contributed by atoms with Gasteiger partial charge in [0.2, 0.25) is 0 Å². The van der Waals surface area contributed by atoms with E-state index in [2.05, 4.69) is 14.9 Å². The summed E-state index contributed by atoms with van der Waals surface area (Å²) in [5, 5.41) is 14.9. The molecular formula is C10H19N3O3S. The Kier molecular flexibility index (Phi) is 4.29. The fourth-order valence-corrected chi connectivity index (χ4v) is 2.43. The van der Waals surface area contributed by atoms with Crippen LogP contribution in [0.4, 0.5) is 0 Å². The van der Waals surface area contributed by atoms with Crippen LogP contribution in [0.25, 0.3) is 0 Å². The van der Waals surface area contributed by atoms with Gasteiger partial charge in [0.05, 0.1) is 12.8 Å². The van der Waals surface area contributed by atoms with Crippen LogP contribution < -0.4 is 4.72 Å². The first-order valence-electron chi connectivity index (χ1n) is 5.39. The quantitative estimate of drug-likeness (QED) is 0.724. The highest BCUT2D eigenvalue weighted by molar-refractivity contribution is 7.89.